The molecule has 0 saturated carbocycles. The molecule has 428 valence electrons. The Balaban J connectivity index is 2.67. The Hall–Kier alpha value is -2.54. The third-order valence-corrected chi connectivity index (χ3v) is 14.3. The van der Waals surface area contributed by atoms with Crippen LogP contribution in [0.15, 0.2) is 12.2 Å². The fraction of sp³-hybridized carbons (Fsp3) is 0.902. The van der Waals surface area contributed by atoms with E-state index >= 15 is 0 Å². The van der Waals surface area contributed by atoms with Crippen LogP contribution in [-0.4, -0.2) is 89.2 Å². The molecule has 0 spiro atoms. The molecule has 0 radical (unpaired) electrons. The molecular formula is C61H112O12. The van der Waals surface area contributed by atoms with E-state index in [1.54, 1.807) is 0 Å². The van der Waals surface area contributed by atoms with E-state index in [4.69, 9.17) is 23.7 Å². The van der Waals surface area contributed by atoms with Gasteiger partial charge in [0.2, 0.25) is 0 Å². The molecular weight excluding hydrogens is 925 g/mol. The molecule has 1 saturated heterocycles. The second-order valence-electron chi connectivity index (χ2n) is 21.4. The molecule has 12 nitrogen and oxygen atoms in total. The van der Waals surface area contributed by atoms with Crippen molar-refractivity contribution < 1.29 is 58.2 Å². The first kappa shape index (κ1) is 68.5. The lowest BCUT2D eigenvalue weighted by Gasteiger charge is -2.40. The Kier molecular flexibility index (Phi) is 47.2. The molecule has 0 bridgehead atoms. The van der Waals surface area contributed by atoms with Crippen molar-refractivity contribution in [2.24, 2.45) is 0 Å². The van der Waals surface area contributed by atoms with Gasteiger partial charge in [-0.1, -0.05) is 251 Å². The molecule has 1 aliphatic heterocycles. The van der Waals surface area contributed by atoms with Crippen LogP contribution in [0.3, 0.4) is 0 Å². The highest BCUT2D eigenvalue weighted by molar-refractivity contribution is 5.74. The zero-order valence-electron chi connectivity index (χ0n) is 47.2. The average Bonchev–Trinajstić information content (AvgIpc) is 3.37. The van der Waals surface area contributed by atoms with Crippen LogP contribution in [0.1, 0.15) is 303 Å². The third-order valence-electron chi connectivity index (χ3n) is 14.3. The van der Waals surface area contributed by atoms with Crippen molar-refractivity contribution in [3.8, 4) is 0 Å². The molecule has 6 unspecified atom stereocenters. The lowest BCUT2D eigenvalue weighted by molar-refractivity contribution is -0.301. The number of esters is 3. The van der Waals surface area contributed by atoms with Gasteiger partial charge in [-0.05, 0) is 44.9 Å². The predicted molar refractivity (Wildman–Crippen MR) is 294 cm³/mol. The minimum absolute atomic E-state index is 0.0565. The summed E-state index contributed by atoms with van der Waals surface area (Å²) in [7, 11) is 0. The number of rotatable bonds is 53. The predicted octanol–water partition coefficient (Wildman–Crippen LogP) is 15.7. The summed E-state index contributed by atoms with van der Waals surface area (Å²) in [6.07, 6.45) is 43.2. The Morgan fingerprint density at radius 1 is 0.438 bits per heavy atom. The van der Waals surface area contributed by atoms with Crippen LogP contribution < -0.4 is 0 Å². The molecule has 73 heavy (non-hydrogen) atoms. The highest BCUT2D eigenvalue weighted by Gasteiger charge is 2.50. The molecule has 0 aromatic rings. The molecule has 0 aromatic heterocycles. The molecule has 12 heteroatoms. The number of aliphatic carboxylic acids is 1. The summed E-state index contributed by atoms with van der Waals surface area (Å²) in [4.78, 5) is 51.1. The standard InChI is InChI=1S/C61H112O12/c1-4-7-10-13-16-19-22-25-27-30-32-35-38-41-44-47-53(62)69-50-52(71-54(63)48-45-42-39-36-34-31-28-26-23-20-17-14-11-8-5-2)51-70-61-59(57(66)56(65)58(73-61)60(67)68)72-55(64)49-46-43-40-37-33-29-24-21-18-15-12-9-6-3/h21,24,52,56-59,61,65-66H,4-20,22-23,25-51H2,1-3H3,(H,67,68)/b24-21-. The van der Waals surface area contributed by atoms with E-state index in [2.05, 4.69) is 32.9 Å². The number of ether oxygens (including phenoxy) is 5. The number of carbonyl (C=O) groups excluding carboxylic acids is 3. The van der Waals surface area contributed by atoms with Gasteiger partial charge in [-0.3, -0.25) is 14.4 Å². The van der Waals surface area contributed by atoms with Crippen LogP contribution in [0.25, 0.3) is 0 Å². The highest BCUT2D eigenvalue weighted by Crippen LogP contribution is 2.27. The SMILES string of the molecule is CCCCCC/C=C\CCCCCCCC(=O)OC1C(OCC(COC(=O)CCCCCCCCCCCCCCCCC)OC(=O)CCCCCCCCCCCCCCCCC)OC(C(=O)O)C(O)C1O. The number of carboxylic acids is 1. The monoisotopic (exact) mass is 1040 g/mol. The number of allylic oxidation sites excluding steroid dienone is 2. The second kappa shape index (κ2) is 50.3. The van der Waals surface area contributed by atoms with Gasteiger partial charge in [-0.25, -0.2) is 4.79 Å². The summed E-state index contributed by atoms with van der Waals surface area (Å²) < 4.78 is 28.5. The van der Waals surface area contributed by atoms with Gasteiger partial charge in [0.05, 0.1) is 6.61 Å². The van der Waals surface area contributed by atoms with Crippen LogP contribution in [0.5, 0.6) is 0 Å². The molecule has 3 N–H and O–H groups in total. The molecule has 1 aliphatic rings. The van der Waals surface area contributed by atoms with E-state index < -0.39 is 67.3 Å². The minimum atomic E-state index is -1.90. The lowest BCUT2D eigenvalue weighted by Crippen LogP contribution is -2.61. The summed E-state index contributed by atoms with van der Waals surface area (Å²) in [5.41, 5.74) is 0. The van der Waals surface area contributed by atoms with Crippen LogP contribution >= 0.6 is 0 Å². The largest absolute Gasteiger partial charge is 0.479 e. The number of aliphatic hydroxyl groups is 2. The average molecular weight is 1040 g/mol. The van der Waals surface area contributed by atoms with E-state index in [9.17, 15) is 34.5 Å². The van der Waals surface area contributed by atoms with Gasteiger partial charge in [0, 0.05) is 19.3 Å². The van der Waals surface area contributed by atoms with Crippen molar-refractivity contribution in [2.75, 3.05) is 13.2 Å². The Morgan fingerprint density at radius 2 is 0.781 bits per heavy atom. The number of hydrogen-bond acceptors (Lipinski definition) is 11. The fourth-order valence-corrected chi connectivity index (χ4v) is 9.60. The van der Waals surface area contributed by atoms with Gasteiger partial charge in [-0.2, -0.15) is 0 Å². The summed E-state index contributed by atoms with van der Waals surface area (Å²) in [6, 6.07) is 0. The highest BCUT2D eigenvalue weighted by atomic mass is 16.7. The van der Waals surface area contributed by atoms with E-state index in [1.165, 1.54) is 167 Å². The molecule has 0 aromatic carbocycles. The van der Waals surface area contributed by atoms with Crippen molar-refractivity contribution >= 4 is 23.9 Å². The van der Waals surface area contributed by atoms with Crippen LogP contribution in [-0.2, 0) is 42.9 Å². The first-order chi connectivity index (χ1) is 35.6. The van der Waals surface area contributed by atoms with Crippen LogP contribution in [0.2, 0.25) is 0 Å². The topological polar surface area (TPSA) is 175 Å². The smallest absolute Gasteiger partial charge is 0.335 e. The van der Waals surface area contributed by atoms with Crippen molar-refractivity contribution in [3.63, 3.8) is 0 Å². The van der Waals surface area contributed by atoms with Gasteiger partial charge in [0.1, 0.15) is 18.8 Å². The van der Waals surface area contributed by atoms with E-state index in [0.29, 0.717) is 19.3 Å². The summed E-state index contributed by atoms with van der Waals surface area (Å²) >= 11 is 0. The van der Waals surface area contributed by atoms with E-state index in [1.807, 2.05) is 0 Å². The summed E-state index contributed by atoms with van der Waals surface area (Å²) in [6.45, 7) is 6.01. The lowest BCUT2D eigenvalue weighted by atomic mass is 9.98. The van der Waals surface area contributed by atoms with Crippen molar-refractivity contribution in [3.05, 3.63) is 12.2 Å². The maximum absolute atomic E-state index is 13.2. The van der Waals surface area contributed by atoms with Crippen molar-refractivity contribution in [1.82, 2.24) is 0 Å². The third kappa shape index (κ3) is 40.4. The number of carbonyl (C=O) groups is 4. The normalized spacial score (nSPS) is 18.3. The Morgan fingerprint density at radius 3 is 1.18 bits per heavy atom. The van der Waals surface area contributed by atoms with Gasteiger partial charge >= 0.3 is 23.9 Å². The zero-order valence-corrected chi connectivity index (χ0v) is 47.2. The Labute approximate surface area is 446 Å². The molecule has 1 rings (SSSR count). The van der Waals surface area contributed by atoms with Gasteiger partial charge in [0.25, 0.3) is 0 Å². The number of hydrogen-bond donors (Lipinski definition) is 3. The molecule has 6 atom stereocenters. The maximum atomic E-state index is 13.2. The van der Waals surface area contributed by atoms with E-state index in [-0.39, 0.29) is 25.9 Å². The maximum Gasteiger partial charge on any atom is 0.335 e. The molecule has 1 heterocycles. The second-order valence-corrected chi connectivity index (χ2v) is 21.4. The van der Waals surface area contributed by atoms with Crippen LogP contribution in [0, 0.1) is 0 Å². The first-order valence-corrected chi connectivity index (χ1v) is 30.7. The number of aliphatic hydroxyl groups excluding tert-OH is 2. The van der Waals surface area contributed by atoms with Gasteiger partial charge in [-0.15, -0.1) is 0 Å². The summed E-state index contributed by atoms with van der Waals surface area (Å²) in [5, 5.41) is 31.5. The molecule has 0 amide bonds. The zero-order chi connectivity index (χ0) is 53.3. The fourth-order valence-electron chi connectivity index (χ4n) is 9.60. The van der Waals surface area contributed by atoms with Crippen LogP contribution in [0.4, 0.5) is 0 Å². The van der Waals surface area contributed by atoms with Crippen molar-refractivity contribution in [1.29, 1.82) is 0 Å². The van der Waals surface area contributed by atoms with E-state index in [0.717, 1.165) is 77.0 Å². The summed E-state index contributed by atoms with van der Waals surface area (Å²) in [5.74, 6) is -3.09. The first-order valence-electron chi connectivity index (χ1n) is 30.7. The number of unbranched alkanes of at least 4 members (excludes halogenated alkanes) is 37. The molecule has 1 fully saturated rings. The Bertz CT molecular complexity index is 1320. The molecule has 0 aliphatic carbocycles. The minimum Gasteiger partial charge on any atom is -0.479 e. The van der Waals surface area contributed by atoms with Gasteiger partial charge in [0.15, 0.2) is 24.6 Å². The quantitative estimate of drug-likeness (QED) is 0.0228. The van der Waals surface area contributed by atoms with Crippen molar-refractivity contribution in [2.45, 2.75) is 340 Å². The van der Waals surface area contributed by atoms with Gasteiger partial charge < -0.3 is 39.0 Å². The number of carboxylic acid groups (broad SMARTS) is 1.